The van der Waals surface area contributed by atoms with Crippen LogP contribution in [0.15, 0.2) is 43.0 Å². The summed E-state index contributed by atoms with van der Waals surface area (Å²) in [4.78, 5) is 29.5. The van der Waals surface area contributed by atoms with Crippen LogP contribution < -0.4 is 10.2 Å². The standard InChI is InChI=1S/C18H20N6O/c1-24(18-16-17(21-10-20-16)22-11-23-18)9-15(25)19-8-13-7-14(13)12-5-3-2-4-6-12/h2-6,10-11,13-14H,7-9H2,1H3,(H,19,25)(H,20,21,22,23)/t13-,14+/m1/s1. The first-order valence-electron chi connectivity index (χ1n) is 8.39. The van der Waals surface area contributed by atoms with Gasteiger partial charge in [0, 0.05) is 13.6 Å². The van der Waals surface area contributed by atoms with Crippen LogP contribution in [-0.2, 0) is 4.79 Å². The summed E-state index contributed by atoms with van der Waals surface area (Å²) in [7, 11) is 1.84. The maximum Gasteiger partial charge on any atom is 0.239 e. The average molecular weight is 336 g/mol. The highest BCUT2D eigenvalue weighted by molar-refractivity contribution is 5.86. The SMILES string of the molecule is CN(CC(=O)NC[C@H]1C[C@H]1c1ccccc1)c1ncnc2nc[nH]c12. The van der Waals surface area contributed by atoms with E-state index in [-0.39, 0.29) is 12.5 Å². The number of nitrogens with one attached hydrogen (secondary N) is 2. The van der Waals surface area contributed by atoms with Crippen LogP contribution in [0.2, 0.25) is 0 Å². The lowest BCUT2D eigenvalue weighted by Gasteiger charge is -2.17. The fourth-order valence-corrected chi connectivity index (χ4v) is 3.21. The zero-order valence-corrected chi connectivity index (χ0v) is 14.0. The van der Waals surface area contributed by atoms with Gasteiger partial charge in [-0.05, 0) is 23.8 Å². The fourth-order valence-electron chi connectivity index (χ4n) is 3.21. The monoisotopic (exact) mass is 336 g/mol. The predicted octanol–water partition coefficient (Wildman–Crippen LogP) is 1.71. The van der Waals surface area contributed by atoms with Crippen molar-refractivity contribution in [3.8, 4) is 0 Å². The van der Waals surface area contributed by atoms with Crippen molar-refractivity contribution in [2.24, 2.45) is 5.92 Å². The molecule has 0 spiro atoms. The number of benzene rings is 1. The van der Waals surface area contributed by atoms with Gasteiger partial charge in [0.2, 0.25) is 5.91 Å². The molecule has 0 radical (unpaired) electrons. The van der Waals surface area contributed by atoms with E-state index in [1.54, 1.807) is 11.2 Å². The zero-order chi connectivity index (χ0) is 17.2. The Morgan fingerprint density at radius 3 is 2.96 bits per heavy atom. The minimum atomic E-state index is -0.00695. The van der Waals surface area contributed by atoms with Gasteiger partial charge in [0.05, 0.1) is 12.9 Å². The summed E-state index contributed by atoms with van der Waals surface area (Å²) in [6, 6.07) is 10.5. The molecule has 1 amide bonds. The van der Waals surface area contributed by atoms with Crippen LogP contribution in [0.4, 0.5) is 5.82 Å². The molecule has 2 atom stereocenters. The van der Waals surface area contributed by atoms with Gasteiger partial charge in [-0.25, -0.2) is 15.0 Å². The summed E-state index contributed by atoms with van der Waals surface area (Å²) < 4.78 is 0. The van der Waals surface area contributed by atoms with E-state index in [0.29, 0.717) is 23.3 Å². The zero-order valence-electron chi connectivity index (χ0n) is 14.0. The second kappa shape index (κ2) is 6.51. The summed E-state index contributed by atoms with van der Waals surface area (Å²) >= 11 is 0. The number of amides is 1. The lowest BCUT2D eigenvalue weighted by atomic mass is 10.1. The van der Waals surface area contributed by atoms with Crippen LogP contribution in [0.3, 0.4) is 0 Å². The molecule has 4 rings (SSSR count). The van der Waals surface area contributed by atoms with Gasteiger partial charge in [0.15, 0.2) is 11.5 Å². The van der Waals surface area contributed by atoms with Crippen molar-refractivity contribution in [2.45, 2.75) is 12.3 Å². The second-order valence-electron chi connectivity index (χ2n) is 6.47. The maximum absolute atomic E-state index is 12.3. The number of anilines is 1. The van der Waals surface area contributed by atoms with E-state index in [1.165, 1.54) is 11.9 Å². The first kappa shape index (κ1) is 15.6. The Morgan fingerprint density at radius 1 is 1.28 bits per heavy atom. The van der Waals surface area contributed by atoms with Gasteiger partial charge in [-0.3, -0.25) is 4.79 Å². The number of hydrogen-bond acceptors (Lipinski definition) is 5. The number of imidazole rings is 1. The van der Waals surface area contributed by atoms with Gasteiger partial charge in [-0.2, -0.15) is 0 Å². The normalized spacial score (nSPS) is 18.9. The van der Waals surface area contributed by atoms with Crippen molar-refractivity contribution in [2.75, 3.05) is 25.0 Å². The number of likely N-dealkylation sites (N-methyl/N-ethyl adjacent to an activating group) is 1. The van der Waals surface area contributed by atoms with Gasteiger partial charge in [-0.1, -0.05) is 30.3 Å². The molecule has 1 fully saturated rings. The number of aromatic nitrogens is 4. The van der Waals surface area contributed by atoms with Crippen molar-refractivity contribution in [3.05, 3.63) is 48.5 Å². The fraction of sp³-hybridized carbons (Fsp3) is 0.333. The number of nitrogens with zero attached hydrogens (tertiary/aromatic N) is 4. The molecule has 2 aromatic heterocycles. The van der Waals surface area contributed by atoms with Crippen LogP contribution in [0.1, 0.15) is 17.9 Å². The highest BCUT2D eigenvalue weighted by atomic mass is 16.2. The van der Waals surface area contributed by atoms with Gasteiger partial charge < -0.3 is 15.2 Å². The first-order valence-corrected chi connectivity index (χ1v) is 8.39. The van der Waals surface area contributed by atoms with Gasteiger partial charge >= 0.3 is 0 Å². The van der Waals surface area contributed by atoms with Crippen molar-refractivity contribution >= 4 is 22.9 Å². The molecule has 0 bridgehead atoms. The topological polar surface area (TPSA) is 86.8 Å². The number of aromatic amines is 1. The summed E-state index contributed by atoms with van der Waals surface area (Å²) in [6.45, 7) is 0.962. The van der Waals surface area contributed by atoms with Gasteiger partial charge in [0.1, 0.15) is 11.8 Å². The van der Waals surface area contributed by atoms with Crippen molar-refractivity contribution in [1.29, 1.82) is 0 Å². The molecule has 3 aromatic rings. The summed E-state index contributed by atoms with van der Waals surface area (Å²) in [5, 5.41) is 3.04. The number of hydrogen-bond donors (Lipinski definition) is 2. The quantitative estimate of drug-likeness (QED) is 0.715. The number of rotatable bonds is 6. The largest absolute Gasteiger partial charge is 0.354 e. The summed E-state index contributed by atoms with van der Waals surface area (Å²) in [6.07, 6.45) is 4.18. The molecular weight excluding hydrogens is 316 g/mol. The molecule has 7 heteroatoms. The minimum absolute atomic E-state index is 0.00695. The van der Waals surface area contributed by atoms with Crippen molar-refractivity contribution in [3.63, 3.8) is 0 Å². The number of carbonyl (C=O) groups is 1. The van der Waals surface area contributed by atoms with Crippen LogP contribution >= 0.6 is 0 Å². The smallest absolute Gasteiger partial charge is 0.239 e. The predicted molar refractivity (Wildman–Crippen MR) is 95.3 cm³/mol. The third kappa shape index (κ3) is 3.31. The molecule has 1 saturated carbocycles. The number of H-pyrrole nitrogens is 1. The van der Waals surface area contributed by atoms with E-state index < -0.39 is 0 Å². The Balaban J connectivity index is 1.30. The number of fused-ring (bicyclic) bond motifs is 1. The first-order chi connectivity index (χ1) is 12.2. The minimum Gasteiger partial charge on any atom is -0.354 e. The summed E-state index contributed by atoms with van der Waals surface area (Å²) in [5.74, 6) is 1.78. The van der Waals surface area contributed by atoms with Crippen LogP contribution in [0.5, 0.6) is 0 Å². The Kier molecular flexibility index (Phi) is 4.05. The Bertz CT molecular complexity index is 877. The molecule has 0 aliphatic heterocycles. The van der Waals surface area contributed by atoms with Gasteiger partial charge in [0.25, 0.3) is 0 Å². The summed E-state index contributed by atoms with van der Waals surface area (Å²) in [5.41, 5.74) is 2.70. The maximum atomic E-state index is 12.3. The Morgan fingerprint density at radius 2 is 2.12 bits per heavy atom. The molecule has 25 heavy (non-hydrogen) atoms. The van der Waals surface area contributed by atoms with Crippen LogP contribution in [-0.4, -0.2) is 46.0 Å². The molecular formula is C18H20N6O. The van der Waals surface area contributed by atoms with E-state index in [4.69, 9.17) is 0 Å². The lowest BCUT2D eigenvalue weighted by Crippen LogP contribution is -2.36. The molecule has 0 unspecified atom stereocenters. The highest BCUT2D eigenvalue weighted by Crippen LogP contribution is 2.46. The molecule has 2 heterocycles. The molecule has 1 aromatic carbocycles. The molecule has 7 nitrogen and oxygen atoms in total. The molecule has 1 aliphatic rings. The molecule has 1 aliphatic carbocycles. The van der Waals surface area contributed by atoms with Gasteiger partial charge in [-0.15, -0.1) is 0 Å². The van der Waals surface area contributed by atoms with E-state index >= 15 is 0 Å². The molecule has 2 N–H and O–H groups in total. The van der Waals surface area contributed by atoms with Crippen LogP contribution in [0, 0.1) is 5.92 Å². The highest BCUT2D eigenvalue weighted by Gasteiger charge is 2.38. The molecule has 0 saturated heterocycles. The lowest BCUT2D eigenvalue weighted by molar-refractivity contribution is -0.119. The van der Waals surface area contributed by atoms with E-state index in [1.807, 2.05) is 13.1 Å². The van der Waals surface area contributed by atoms with E-state index in [9.17, 15) is 4.79 Å². The Hall–Kier alpha value is -2.96. The van der Waals surface area contributed by atoms with Crippen molar-refractivity contribution < 1.29 is 4.79 Å². The Labute approximate surface area is 145 Å². The van der Waals surface area contributed by atoms with E-state index in [0.717, 1.165) is 18.5 Å². The van der Waals surface area contributed by atoms with Crippen molar-refractivity contribution in [1.82, 2.24) is 25.3 Å². The van der Waals surface area contributed by atoms with E-state index in [2.05, 4.69) is 49.5 Å². The average Bonchev–Trinajstić information content (AvgIpc) is 3.26. The number of carbonyl (C=O) groups excluding carboxylic acids is 1. The third-order valence-corrected chi connectivity index (χ3v) is 4.66. The second-order valence-corrected chi connectivity index (χ2v) is 6.47. The van der Waals surface area contributed by atoms with Crippen LogP contribution in [0.25, 0.3) is 11.2 Å². The third-order valence-electron chi connectivity index (χ3n) is 4.66. The molecule has 128 valence electrons.